The van der Waals surface area contributed by atoms with Crippen molar-refractivity contribution in [2.75, 3.05) is 0 Å². The Morgan fingerprint density at radius 3 is 2.00 bits per heavy atom. The molecule has 24 heavy (non-hydrogen) atoms. The average molecular weight is 329 g/mol. The lowest BCUT2D eigenvalue weighted by molar-refractivity contribution is -0.177. The van der Waals surface area contributed by atoms with Gasteiger partial charge in [-0.15, -0.1) is 0 Å². The zero-order valence-corrected chi connectivity index (χ0v) is 13.0. The lowest BCUT2D eigenvalue weighted by Crippen LogP contribution is -2.57. The van der Waals surface area contributed by atoms with Crippen LogP contribution in [0.15, 0.2) is 60.7 Å². The number of carboxylic acid groups (broad SMARTS) is 1. The first kappa shape index (κ1) is 17.7. The number of hydrogen-bond acceptors (Lipinski definition) is 5. The first-order valence-corrected chi connectivity index (χ1v) is 7.40. The second kappa shape index (κ2) is 7.72. The van der Waals surface area contributed by atoms with Crippen LogP contribution >= 0.6 is 0 Å². The van der Waals surface area contributed by atoms with E-state index in [1.807, 2.05) is 6.07 Å². The van der Waals surface area contributed by atoms with Gasteiger partial charge in [-0.1, -0.05) is 60.7 Å². The van der Waals surface area contributed by atoms with Gasteiger partial charge >= 0.3 is 11.9 Å². The van der Waals surface area contributed by atoms with Gasteiger partial charge in [-0.2, -0.15) is 0 Å². The molecular formula is C18H19NO5. The van der Waals surface area contributed by atoms with E-state index in [-0.39, 0.29) is 13.0 Å². The number of aliphatic carboxylic acids is 1. The molecule has 0 aliphatic heterocycles. The molecule has 0 saturated carbocycles. The number of carbonyl (C=O) groups is 2. The molecule has 126 valence electrons. The summed E-state index contributed by atoms with van der Waals surface area (Å²) in [7, 11) is 0. The number of benzene rings is 2. The summed E-state index contributed by atoms with van der Waals surface area (Å²) in [4.78, 5) is 23.6. The van der Waals surface area contributed by atoms with Crippen molar-refractivity contribution in [2.45, 2.75) is 18.8 Å². The third-order valence-electron chi connectivity index (χ3n) is 3.66. The predicted molar refractivity (Wildman–Crippen MR) is 86.6 cm³/mol. The fourth-order valence-electron chi connectivity index (χ4n) is 2.25. The quantitative estimate of drug-likeness (QED) is 0.522. The molecule has 0 fully saturated rings. The highest BCUT2D eigenvalue weighted by Crippen LogP contribution is 2.21. The smallest absolute Gasteiger partial charge is 0.351 e. The molecular weight excluding hydrogens is 310 g/mol. The third kappa shape index (κ3) is 4.41. The van der Waals surface area contributed by atoms with Gasteiger partial charge in [0.1, 0.15) is 12.5 Å². The Balaban J connectivity index is 2.15. The highest BCUT2D eigenvalue weighted by Gasteiger charge is 2.46. The molecule has 0 bridgehead atoms. The number of aliphatic hydroxyl groups is 1. The molecule has 0 aliphatic rings. The number of rotatable bonds is 7. The van der Waals surface area contributed by atoms with E-state index in [4.69, 9.17) is 15.6 Å². The number of esters is 1. The SMILES string of the molecule is NC(O)(C(=O)O)C(Cc1ccccc1)C(=O)OCc1ccccc1. The molecule has 0 aliphatic carbocycles. The molecule has 0 spiro atoms. The summed E-state index contributed by atoms with van der Waals surface area (Å²) in [6.45, 7) is -0.0271. The van der Waals surface area contributed by atoms with Gasteiger partial charge in [-0.25, -0.2) is 4.79 Å². The van der Waals surface area contributed by atoms with Crippen LogP contribution in [-0.4, -0.2) is 27.9 Å². The van der Waals surface area contributed by atoms with E-state index < -0.39 is 23.6 Å². The normalized spacial score (nSPS) is 14.4. The molecule has 6 nitrogen and oxygen atoms in total. The van der Waals surface area contributed by atoms with Gasteiger partial charge in [0.2, 0.25) is 5.72 Å². The van der Waals surface area contributed by atoms with Crippen molar-refractivity contribution in [1.82, 2.24) is 0 Å². The average Bonchev–Trinajstić information content (AvgIpc) is 2.59. The van der Waals surface area contributed by atoms with Crippen LogP contribution in [0, 0.1) is 5.92 Å². The Hall–Kier alpha value is -2.70. The molecule has 4 N–H and O–H groups in total. The maximum Gasteiger partial charge on any atom is 0.351 e. The van der Waals surface area contributed by atoms with Crippen molar-refractivity contribution in [2.24, 2.45) is 11.7 Å². The van der Waals surface area contributed by atoms with Crippen molar-refractivity contribution in [3.05, 3.63) is 71.8 Å². The largest absolute Gasteiger partial charge is 0.478 e. The fraction of sp³-hybridized carbons (Fsp3) is 0.222. The highest BCUT2D eigenvalue weighted by atomic mass is 16.5. The monoisotopic (exact) mass is 329 g/mol. The summed E-state index contributed by atoms with van der Waals surface area (Å²) in [6.07, 6.45) is -0.0479. The van der Waals surface area contributed by atoms with Crippen LogP contribution in [-0.2, 0) is 27.4 Å². The zero-order valence-electron chi connectivity index (χ0n) is 13.0. The first-order chi connectivity index (χ1) is 11.4. The van der Waals surface area contributed by atoms with Gasteiger partial charge in [0, 0.05) is 0 Å². The van der Waals surface area contributed by atoms with Crippen molar-refractivity contribution in [3.8, 4) is 0 Å². The first-order valence-electron chi connectivity index (χ1n) is 7.40. The van der Waals surface area contributed by atoms with E-state index in [0.717, 1.165) is 5.56 Å². The second-order valence-electron chi connectivity index (χ2n) is 5.47. The summed E-state index contributed by atoms with van der Waals surface area (Å²) in [6, 6.07) is 17.7. The molecule has 2 rings (SSSR count). The minimum atomic E-state index is -2.72. The van der Waals surface area contributed by atoms with Crippen LogP contribution in [0.3, 0.4) is 0 Å². The summed E-state index contributed by atoms with van der Waals surface area (Å²) >= 11 is 0. The Labute approximate surface area is 139 Å². The van der Waals surface area contributed by atoms with Gasteiger partial charge in [-0.05, 0) is 17.5 Å². The van der Waals surface area contributed by atoms with E-state index >= 15 is 0 Å². The van der Waals surface area contributed by atoms with Gasteiger partial charge in [-0.3, -0.25) is 10.5 Å². The molecule has 6 heteroatoms. The van der Waals surface area contributed by atoms with E-state index in [0.29, 0.717) is 5.56 Å². The molecule has 0 heterocycles. The van der Waals surface area contributed by atoms with Crippen LogP contribution in [0.1, 0.15) is 11.1 Å². The minimum absolute atomic E-state index is 0.0271. The maximum absolute atomic E-state index is 12.3. The lowest BCUT2D eigenvalue weighted by Gasteiger charge is -2.27. The number of carbonyl (C=O) groups excluding carboxylic acids is 1. The Bertz CT molecular complexity index is 685. The van der Waals surface area contributed by atoms with Crippen molar-refractivity contribution < 1.29 is 24.5 Å². The lowest BCUT2D eigenvalue weighted by atomic mass is 9.89. The Morgan fingerprint density at radius 1 is 1.00 bits per heavy atom. The van der Waals surface area contributed by atoms with Crippen molar-refractivity contribution in [1.29, 1.82) is 0 Å². The van der Waals surface area contributed by atoms with Gasteiger partial charge in [0.25, 0.3) is 0 Å². The number of hydrogen-bond donors (Lipinski definition) is 3. The zero-order chi connectivity index (χ0) is 17.6. The third-order valence-corrected chi connectivity index (χ3v) is 3.66. The molecule has 2 atom stereocenters. The fourth-order valence-corrected chi connectivity index (χ4v) is 2.25. The highest BCUT2D eigenvalue weighted by molar-refractivity contribution is 5.86. The van der Waals surface area contributed by atoms with Crippen LogP contribution in [0.25, 0.3) is 0 Å². The molecule has 0 saturated heterocycles. The van der Waals surface area contributed by atoms with Crippen LogP contribution in [0.4, 0.5) is 0 Å². The van der Waals surface area contributed by atoms with Crippen LogP contribution in [0.5, 0.6) is 0 Å². The standard InChI is InChI=1S/C18H19NO5/c19-18(23,17(21)22)15(11-13-7-3-1-4-8-13)16(20)24-12-14-9-5-2-6-10-14/h1-10,15,23H,11-12,19H2,(H,21,22). The molecule has 0 aromatic heterocycles. The predicted octanol–water partition coefficient (Wildman–Crippen LogP) is 1.32. The topological polar surface area (TPSA) is 110 Å². The summed E-state index contributed by atoms with van der Waals surface area (Å²) in [5, 5.41) is 19.2. The molecule has 2 aromatic carbocycles. The number of carboxylic acids is 1. The Morgan fingerprint density at radius 2 is 1.50 bits per heavy atom. The summed E-state index contributed by atoms with van der Waals surface area (Å²) in [5.41, 5.74) is 4.18. The van der Waals surface area contributed by atoms with E-state index in [2.05, 4.69) is 0 Å². The van der Waals surface area contributed by atoms with Gasteiger partial charge in [0.15, 0.2) is 0 Å². The van der Waals surface area contributed by atoms with Crippen molar-refractivity contribution in [3.63, 3.8) is 0 Å². The number of ether oxygens (including phenoxy) is 1. The van der Waals surface area contributed by atoms with E-state index in [1.165, 1.54) is 0 Å². The molecule has 2 aromatic rings. The second-order valence-corrected chi connectivity index (χ2v) is 5.47. The van der Waals surface area contributed by atoms with Crippen LogP contribution in [0.2, 0.25) is 0 Å². The molecule has 2 unspecified atom stereocenters. The molecule has 0 amide bonds. The summed E-state index contributed by atoms with van der Waals surface area (Å²) in [5.74, 6) is -3.98. The maximum atomic E-state index is 12.3. The summed E-state index contributed by atoms with van der Waals surface area (Å²) < 4.78 is 5.16. The number of nitrogens with two attached hydrogens (primary N) is 1. The van der Waals surface area contributed by atoms with Crippen LogP contribution < -0.4 is 5.73 Å². The van der Waals surface area contributed by atoms with Gasteiger partial charge < -0.3 is 14.9 Å². The van der Waals surface area contributed by atoms with E-state index in [9.17, 15) is 14.7 Å². The van der Waals surface area contributed by atoms with E-state index in [1.54, 1.807) is 54.6 Å². The minimum Gasteiger partial charge on any atom is -0.478 e. The molecule has 0 radical (unpaired) electrons. The van der Waals surface area contributed by atoms with Gasteiger partial charge in [0.05, 0.1) is 0 Å². The Kier molecular flexibility index (Phi) is 5.68. The van der Waals surface area contributed by atoms with Crippen molar-refractivity contribution >= 4 is 11.9 Å².